The van der Waals surface area contributed by atoms with E-state index in [2.05, 4.69) is 31.9 Å². The van der Waals surface area contributed by atoms with Gasteiger partial charge in [-0.3, -0.25) is 4.98 Å². The van der Waals surface area contributed by atoms with Gasteiger partial charge in [0.2, 0.25) is 0 Å². The first-order chi connectivity index (χ1) is 10.4. The molecule has 0 saturated carbocycles. The summed E-state index contributed by atoms with van der Waals surface area (Å²) >= 11 is 0. The quantitative estimate of drug-likeness (QED) is 0.815. The minimum Gasteiger partial charge on any atom is -0.349 e. The molecule has 3 rings (SSSR count). The third-order valence-corrected chi connectivity index (χ3v) is 3.94. The maximum Gasteiger partial charge on any atom is 0.128 e. The lowest BCUT2D eigenvalue weighted by Gasteiger charge is -2.26. The Labute approximate surface area is 126 Å². The van der Waals surface area contributed by atoms with Gasteiger partial charge in [-0.2, -0.15) is 0 Å². The molecule has 1 aliphatic rings. The molecule has 2 aromatic rings. The molecule has 0 unspecified atom stereocenters. The average molecular weight is 282 g/mol. The third-order valence-electron chi connectivity index (χ3n) is 3.94. The molecule has 1 fully saturated rings. The number of rotatable bonds is 6. The van der Waals surface area contributed by atoms with E-state index in [0.717, 1.165) is 31.1 Å². The van der Waals surface area contributed by atoms with E-state index in [1.807, 2.05) is 36.7 Å². The first kappa shape index (κ1) is 14.0. The second kappa shape index (κ2) is 7.18. The van der Waals surface area contributed by atoms with Crippen molar-refractivity contribution in [3.8, 4) is 0 Å². The van der Waals surface area contributed by atoms with E-state index in [1.54, 1.807) is 0 Å². The molecule has 4 heteroatoms. The van der Waals surface area contributed by atoms with Crippen LogP contribution in [0.15, 0.2) is 48.8 Å². The highest BCUT2D eigenvalue weighted by Gasteiger charge is 2.14. The van der Waals surface area contributed by atoms with Gasteiger partial charge in [-0.1, -0.05) is 12.1 Å². The Kier molecular flexibility index (Phi) is 4.79. The smallest absolute Gasteiger partial charge is 0.128 e. The summed E-state index contributed by atoms with van der Waals surface area (Å²) in [6.07, 6.45) is 6.39. The Bertz CT molecular complexity index is 523. The van der Waals surface area contributed by atoms with Crippen molar-refractivity contribution in [2.45, 2.75) is 19.4 Å². The molecule has 0 aromatic carbocycles. The molecule has 0 amide bonds. The standard InChI is InChI=1S/C17H22N4/c1-3-9-18-16(7-1)15-21(17-8-2-4-10-19-17)14-13-20-11-5-6-12-20/h1-4,7-10H,5-6,11-15H2. The summed E-state index contributed by atoms with van der Waals surface area (Å²) in [5.41, 5.74) is 1.09. The number of anilines is 1. The van der Waals surface area contributed by atoms with Gasteiger partial charge in [0.1, 0.15) is 5.82 Å². The van der Waals surface area contributed by atoms with Gasteiger partial charge in [-0.15, -0.1) is 0 Å². The van der Waals surface area contributed by atoms with Crippen molar-refractivity contribution >= 4 is 5.82 Å². The molecule has 1 aliphatic heterocycles. The van der Waals surface area contributed by atoms with E-state index in [4.69, 9.17) is 0 Å². The summed E-state index contributed by atoms with van der Waals surface area (Å²) in [6, 6.07) is 12.2. The van der Waals surface area contributed by atoms with Crippen LogP contribution < -0.4 is 4.90 Å². The summed E-state index contributed by atoms with van der Waals surface area (Å²) in [7, 11) is 0. The number of hydrogen-bond donors (Lipinski definition) is 0. The van der Waals surface area contributed by atoms with E-state index >= 15 is 0 Å². The normalized spacial score (nSPS) is 15.2. The Balaban J connectivity index is 1.68. The Morgan fingerprint density at radius 1 is 0.952 bits per heavy atom. The van der Waals surface area contributed by atoms with Crippen LogP contribution in [0.25, 0.3) is 0 Å². The van der Waals surface area contributed by atoms with Gasteiger partial charge in [0.15, 0.2) is 0 Å². The van der Waals surface area contributed by atoms with Crippen LogP contribution in [-0.2, 0) is 6.54 Å². The van der Waals surface area contributed by atoms with Gasteiger partial charge in [0.05, 0.1) is 12.2 Å². The van der Waals surface area contributed by atoms with Crippen molar-refractivity contribution in [2.75, 3.05) is 31.1 Å². The Morgan fingerprint density at radius 3 is 2.38 bits per heavy atom. The number of aromatic nitrogens is 2. The summed E-state index contributed by atoms with van der Waals surface area (Å²) in [4.78, 5) is 13.8. The molecule has 0 radical (unpaired) electrons. The molecule has 1 saturated heterocycles. The topological polar surface area (TPSA) is 32.3 Å². The number of likely N-dealkylation sites (tertiary alicyclic amines) is 1. The Morgan fingerprint density at radius 2 is 1.71 bits per heavy atom. The zero-order valence-corrected chi connectivity index (χ0v) is 12.4. The average Bonchev–Trinajstić information content (AvgIpc) is 3.07. The van der Waals surface area contributed by atoms with E-state index in [9.17, 15) is 0 Å². The second-order valence-corrected chi connectivity index (χ2v) is 5.48. The lowest BCUT2D eigenvalue weighted by atomic mass is 10.3. The highest BCUT2D eigenvalue weighted by atomic mass is 15.2. The van der Waals surface area contributed by atoms with Crippen molar-refractivity contribution in [2.24, 2.45) is 0 Å². The zero-order chi connectivity index (χ0) is 14.3. The highest BCUT2D eigenvalue weighted by Crippen LogP contribution is 2.14. The van der Waals surface area contributed by atoms with E-state index in [-0.39, 0.29) is 0 Å². The van der Waals surface area contributed by atoms with Crippen LogP contribution in [0.1, 0.15) is 18.5 Å². The number of pyridine rings is 2. The monoisotopic (exact) mass is 282 g/mol. The van der Waals surface area contributed by atoms with E-state index in [1.165, 1.54) is 25.9 Å². The maximum absolute atomic E-state index is 4.50. The van der Waals surface area contributed by atoms with Gasteiger partial charge >= 0.3 is 0 Å². The summed E-state index contributed by atoms with van der Waals surface area (Å²) in [5.74, 6) is 1.03. The van der Waals surface area contributed by atoms with Gasteiger partial charge in [-0.05, 0) is 50.2 Å². The lowest BCUT2D eigenvalue weighted by molar-refractivity contribution is 0.344. The second-order valence-electron chi connectivity index (χ2n) is 5.48. The minimum atomic E-state index is 0.811. The summed E-state index contributed by atoms with van der Waals surface area (Å²) in [6.45, 7) is 5.38. The summed E-state index contributed by atoms with van der Waals surface area (Å²) < 4.78 is 0. The fraction of sp³-hybridized carbons (Fsp3) is 0.412. The molecule has 110 valence electrons. The van der Waals surface area contributed by atoms with Crippen molar-refractivity contribution in [3.05, 3.63) is 54.5 Å². The maximum atomic E-state index is 4.50. The van der Waals surface area contributed by atoms with Crippen LogP contribution in [0, 0.1) is 0 Å². The minimum absolute atomic E-state index is 0.811. The predicted molar refractivity (Wildman–Crippen MR) is 85.2 cm³/mol. The first-order valence-corrected chi connectivity index (χ1v) is 7.70. The molecule has 0 spiro atoms. The zero-order valence-electron chi connectivity index (χ0n) is 12.4. The molecule has 0 N–H and O–H groups in total. The fourth-order valence-corrected chi connectivity index (χ4v) is 2.77. The predicted octanol–water partition coefficient (Wildman–Crippen LogP) is 2.58. The van der Waals surface area contributed by atoms with Crippen LogP contribution in [0.5, 0.6) is 0 Å². The third kappa shape index (κ3) is 4.02. The Hall–Kier alpha value is -1.94. The largest absolute Gasteiger partial charge is 0.349 e. The van der Waals surface area contributed by atoms with Crippen LogP contribution in [0.2, 0.25) is 0 Å². The van der Waals surface area contributed by atoms with E-state index in [0.29, 0.717) is 0 Å². The number of nitrogens with zero attached hydrogens (tertiary/aromatic N) is 4. The molecule has 0 atom stereocenters. The molecule has 21 heavy (non-hydrogen) atoms. The SMILES string of the molecule is c1ccc(CN(CCN2CCCC2)c2ccccn2)nc1. The van der Waals surface area contributed by atoms with Crippen LogP contribution in [0.3, 0.4) is 0 Å². The molecule has 0 bridgehead atoms. The molecular weight excluding hydrogens is 260 g/mol. The number of hydrogen-bond acceptors (Lipinski definition) is 4. The van der Waals surface area contributed by atoms with Gasteiger partial charge < -0.3 is 9.80 Å². The lowest BCUT2D eigenvalue weighted by Crippen LogP contribution is -2.34. The summed E-state index contributed by atoms with van der Waals surface area (Å²) in [5, 5.41) is 0. The van der Waals surface area contributed by atoms with Gasteiger partial charge in [0.25, 0.3) is 0 Å². The van der Waals surface area contributed by atoms with Crippen LogP contribution in [-0.4, -0.2) is 41.0 Å². The first-order valence-electron chi connectivity index (χ1n) is 7.70. The van der Waals surface area contributed by atoms with Crippen LogP contribution >= 0.6 is 0 Å². The van der Waals surface area contributed by atoms with Crippen molar-refractivity contribution in [3.63, 3.8) is 0 Å². The van der Waals surface area contributed by atoms with Crippen molar-refractivity contribution < 1.29 is 0 Å². The van der Waals surface area contributed by atoms with E-state index < -0.39 is 0 Å². The highest BCUT2D eigenvalue weighted by molar-refractivity contribution is 5.38. The molecule has 4 nitrogen and oxygen atoms in total. The van der Waals surface area contributed by atoms with Crippen molar-refractivity contribution in [1.82, 2.24) is 14.9 Å². The molecule has 2 aromatic heterocycles. The molecule has 3 heterocycles. The van der Waals surface area contributed by atoms with Crippen LogP contribution in [0.4, 0.5) is 5.82 Å². The fourth-order valence-electron chi connectivity index (χ4n) is 2.77. The van der Waals surface area contributed by atoms with Gasteiger partial charge in [0, 0.05) is 25.5 Å². The van der Waals surface area contributed by atoms with Crippen molar-refractivity contribution in [1.29, 1.82) is 0 Å². The van der Waals surface area contributed by atoms with Gasteiger partial charge in [-0.25, -0.2) is 4.98 Å². The molecule has 0 aliphatic carbocycles. The molecular formula is C17H22N4.